The monoisotopic (exact) mass is 623 g/mol. The fraction of sp³-hybridized carbons (Fsp3) is 0.333. The van der Waals surface area contributed by atoms with Crippen LogP contribution in [-0.4, -0.2) is 62.2 Å². The molecule has 238 valence electrons. The molecule has 1 fully saturated rings. The predicted molar refractivity (Wildman–Crippen MR) is 166 cm³/mol. The fourth-order valence-electron chi connectivity index (χ4n) is 5.69. The third-order valence-electron chi connectivity index (χ3n) is 8.13. The molecule has 4 amide bonds. The van der Waals surface area contributed by atoms with Crippen LogP contribution in [0.4, 0.5) is 30.6 Å². The van der Waals surface area contributed by atoms with E-state index in [9.17, 15) is 28.0 Å². The number of hydrogen-bond donors (Lipinski definition) is 3. The van der Waals surface area contributed by atoms with Crippen LogP contribution in [0.2, 0.25) is 0 Å². The number of quaternary nitrogens is 1. The van der Waals surface area contributed by atoms with E-state index in [4.69, 9.17) is 9.84 Å². The van der Waals surface area contributed by atoms with Crippen LogP contribution in [0, 0.1) is 11.6 Å². The first-order valence-electron chi connectivity index (χ1n) is 14.7. The lowest BCUT2D eigenvalue weighted by molar-refractivity contribution is -0.136. The maximum atomic E-state index is 14.3. The molecular weight excluding hydrogens is 586 g/mol. The fourth-order valence-corrected chi connectivity index (χ4v) is 5.69. The Balaban J connectivity index is 1.51. The zero-order valence-electron chi connectivity index (χ0n) is 25.2. The number of carboxylic acid groups (broad SMARTS) is 1. The van der Waals surface area contributed by atoms with Crippen LogP contribution < -0.4 is 24.8 Å². The average Bonchev–Trinajstić information content (AvgIpc) is 3.02. The molecule has 1 saturated carbocycles. The molecule has 3 aromatic carbocycles. The van der Waals surface area contributed by atoms with Crippen molar-refractivity contribution < 1.29 is 37.8 Å². The number of amides is 4. The topological polar surface area (TPSA) is 125 Å². The first kappa shape index (κ1) is 33.1. The van der Waals surface area contributed by atoms with Crippen molar-refractivity contribution in [1.82, 2.24) is 9.80 Å². The molecule has 4 rings (SSSR count). The van der Waals surface area contributed by atoms with E-state index in [1.54, 1.807) is 55.6 Å². The number of carboxylic acids is 1. The number of nitrogens with zero attached hydrogens (tertiary/aromatic N) is 2. The van der Waals surface area contributed by atoms with Crippen LogP contribution in [-0.2, 0) is 20.8 Å². The minimum atomic E-state index is -0.999. The van der Waals surface area contributed by atoms with E-state index < -0.39 is 41.8 Å². The average molecular weight is 624 g/mol. The van der Waals surface area contributed by atoms with Crippen LogP contribution in [0.1, 0.15) is 37.7 Å². The summed E-state index contributed by atoms with van der Waals surface area (Å²) in [7, 11) is 3.02. The van der Waals surface area contributed by atoms with Crippen LogP contribution in [0.15, 0.2) is 66.7 Å². The van der Waals surface area contributed by atoms with Gasteiger partial charge >= 0.3 is 17.9 Å². The van der Waals surface area contributed by atoms with Crippen molar-refractivity contribution in [2.45, 2.75) is 44.6 Å². The first-order valence-corrected chi connectivity index (χ1v) is 14.7. The van der Waals surface area contributed by atoms with Gasteiger partial charge in [0, 0.05) is 31.6 Å². The predicted octanol–water partition coefficient (Wildman–Crippen LogP) is 5.25. The van der Waals surface area contributed by atoms with Gasteiger partial charge < -0.3 is 25.4 Å². The van der Waals surface area contributed by atoms with Crippen LogP contribution >= 0.6 is 0 Å². The second-order valence-electron chi connectivity index (χ2n) is 11.1. The summed E-state index contributed by atoms with van der Waals surface area (Å²) in [6, 6.07) is 15.8. The summed E-state index contributed by atoms with van der Waals surface area (Å²) in [6.45, 7) is -0.863. The minimum Gasteiger partial charge on any atom is -0.481 e. The van der Waals surface area contributed by atoms with Gasteiger partial charge in [0.15, 0.2) is 18.0 Å². The second-order valence-corrected chi connectivity index (χ2v) is 11.1. The highest BCUT2D eigenvalue weighted by atomic mass is 19.1. The highest BCUT2D eigenvalue weighted by molar-refractivity contribution is 5.97. The number of rotatable bonds is 11. The molecule has 1 aliphatic carbocycles. The Hall–Kier alpha value is -4.84. The number of ether oxygens (including phenoxy) is 1. The summed E-state index contributed by atoms with van der Waals surface area (Å²) in [5.41, 5.74) is 0.894. The molecule has 0 spiro atoms. The van der Waals surface area contributed by atoms with Gasteiger partial charge in [-0.25, -0.2) is 22.9 Å². The quantitative estimate of drug-likeness (QED) is 0.251. The van der Waals surface area contributed by atoms with E-state index in [1.165, 1.54) is 13.1 Å². The number of carbonyl (C=O) groups is 4. The van der Waals surface area contributed by atoms with Crippen LogP contribution in [0.3, 0.4) is 0 Å². The molecule has 0 heterocycles. The molecule has 3 aromatic rings. The molecular formula is C33H37F2N4O6+. The summed E-state index contributed by atoms with van der Waals surface area (Å²) in [5.74, 6) is -3.52. The van der Waals surface area contributed by atoms with E-state index in [0.29, 0.717) is 16.9 Å². The van der Waals surface area contributed by atoms with Gasteiger partial charge in [0.25, 0.3) is 5.91 Å². The number of likely N-dealkylation sites (N-methyl/N-ethyl adjacent to an activating group) is 2. The Morgan fingerprint density at radius 2 is 1.62 bits per heavy atom. The van der Waals surface area contributed by atoms with Crippen molar-refractivity contribution in [1.29, 1.82) is 0 Å². The standard InChI is InChI=1S/C33H36F2N4O6/c1-38(32-25(34)14-9-15-26(32)35)29(40)21-45-28-17-7-6-16-27(28)39(2,24-12-4-3-5-13-24)30(41)20-36-33(44)37-23-11-8-10-22(18-23)19-31(42)43/h6-11,14-18,24H,3-5,12-13,19-21H2,1-2H3,(H2-,36,37,42,43,44)/p+1. The van der Waals surface area contributed by atoms with Gasteiger partial charge in [-0.2, -0.15) is 0 Å². The molecule has 1 atom stereocenters. The number of hydrogen-bond acceptors (Lipinski definition) is 5. The van der Waals surface area contributed by atoms with E-state index in [2.05, 4.69) is 10.6 Å². The first-order chi connectivity index (χ1) is 21.5. The molecule has 0 aromatic heterocycles. The Morgan fingerprint density at radius 1 is 0.956 bits per heavy atom. The van der Waals surface area contributed by atoms with Crippen molar-refractivity contribution >= 4 is 40.9 Å². The SMILES string of the molecule is CN(C(=O)COc1ccccc1[N+](C)(C(=O)CNC(=O)Nc1cccc(CC(=O)O)c1)C1CCCCC1)c1c(F)cccc1F. The normalized spacial score (nSPS) is 14.6. The number of benzene rings is 3. The van der Waals surface area contributed by atoms with Gasteiger partial charge in [-0.3, -0.25) is 9.59 Å². The number of aliphatic carboxylic acids is 1. The van der Waals surface area contributed by atoms with Crippen molar-refractivity contribution in [3.63, 3.8) is 0 Å². The lowest BCUT2D eigenvalue weighted by Crippen LogP contribution is -2.61. The van der Waals surface area contributed by atoms with Crippen molar-refractivity contribution in [2.75, 3.05) is 37.5 Å². The van der Waals surface area contributed by atoms with Gasteiger partial charge in [0.2, 0.25) is 0 Å². The zero-order valence-corrected chi connectivity index (χ0v) is 25.2. The number of nitrogens with one attached hydrogen (secondary N) is 2. The Bertz CT molecular complexity index is 1540. The summed E-state index contributed by atoms with van der Waals surface area (Å²) in [6.07, 6.45) is 4.20. The molecule has 1 unspecified atom stereocenters. The molecule has 1 aliphatic rings. The third-order valence-corrected chi connectivity index (χ3v) is 8.13. The van der Waals surface area contributed by atoms with Crippen molar-refractivity contribution in [2.24, 2.45) is 0 Å². The number of urea groups is 1. The Morgan fingerprint density at radius 3 is 2.31 bits per heavy atom. The summed E-state index contributed by atoms with van der Waals surface area (Å²) >= 11 is 0. The summed E-state index contributed by atoms with van der Waals surface area (Å²) in [5, 5.41) is 14.3. The van der Waals surface area contributed by atoms with E-state index >= 15 is 0 Å². The molecule has 45 heavy (non-hydrogen) atoms. The highest BCUT2D eigenvalue weighted by Crippen LogP contribution is 2.39. The van der Waals surface area contributed by atoms with Gasteiger partial charge in [0.05, 0.1) is 13.5 Å². The van der Waals surface area contributed by atoms with E-state index in [0.717, 1.165) is 49.1 Å². The van der Waals surface area contributed by atoms with Gasteiger partial charge in [-0.05, 0) is 48.7 Å². The molecule has 0 radical (unpaired) electrons. The molecule has 0 saturated heterocycles. The maximum absolute atomic E-state index is 14.3. The molecule has 10 nitrogen and oxygen atoms in total. The maximum Gasteiger partial charge on any atom is 0.338 e. The van der Waals surface area contributed by atoms with E-state index in [-0.39, 0.29) is 35.1 Å². The van der Waals surface area contributed by atoms with E-state index in [1.807, 2.05) is 0 Å². The molecule has 0 bridgehead atoms. The third kappa shape index (κ3) is 8.01. The van der Waals surface area contributed by atoms with Crippen LogP contribution in [0.5, 0.6) is 5.75 Å². The second kappa shape index (κ2) is 14.8. The summed E-state index contributed by atoms with van der Waals surface area (Å²) in [4.78, 5) is 51.6. The number of anilines is 2. The van der Waals surface area contributed by atoms with Gasteiger partial charge in [-0.15, -0.1) is 0 Å². The molecule has 0 aliphatic heterocycles. The van der Waals surface area contributed by atoms with Gasteiger partial charge in [0.1, 0.15) is 29.9 Å². The van der Waals surface area contributed by atoms with Crippen molar-refractivity contribution in [3.8, 4) is 5.75 Å². The van der Waals surface area contributed by atoms with Crippen LogP contribution in [0.25, 0.3) is 0 Å². The lowest BCUT2D eigenvalue weighted by atomic mass is 9.91. The smallest absolute Gasteiger partial charge is 0.338 e. The Labute approximate surface area is 260 Å². The zero-order chi connectivity index (χ0) is 32.6. The number of para-hydroxylation sites is 3. The summed E-state index contributed by atoms with van der Waals surface area (Å²) < 4.78 is 34.3. The molecule has 12 heteroatoms. The Kier molecular flexibility index (Phi) is 10.8. The number of carbonyl (C=O) groups excluding carboxylic acids is 3. The molecule has 3 N–H and O–H groups in total. The van der Waals surface area contributed by atoms with Gasteiger partial charge in [-0.1, -0.05) is 36.8 Å². The minimum absolute atomic E-state index is 0.126. The highest BCUT2D eigenvalue weighted by Gasteiger charge is 2.44. The lowest BCUT2D eigenvalue weighted by Gasteiger charge is -2.41. The number of halogens is 2. The largest absolute Gasteiger partial charge is 0.481 e. The van der Waals surface area contributed by atoms with Crippen molar-refractivity contribution in [3.05, 3.63) is 83.9 Å².